The molecule has 2 nitrogen and oxygen atoms in total. The van der Waals surface area contributed by atoms with Crippen LogP contribution >= 0.6 is 0 Å². The molecule has 19 heavy (non-hydrogen) atoms. The number of carbonyl (C=O) groups excluding carboxylic acids is 1. The van der Waals surface area contributed by atoms with Gasteiger partial charge >= 0.3 is 0 Å². The maximum atomic E-state index is 13.5. The molecule has 0 atom stereocenters. The molecule has 0 unspecified atom stereocenters. The predicted molar refractivity (Wildman–Crippen MR) is 65.3 cm³/mol. The van der Waals surface area contributed by atoms with Crippen molar-refractivity contribution in [1.29, 1.82) is 0 Å². The Balaban J connectivity index is 2.53. The zero-order valence-corrected chi connectivity index (χ0v) is 10.0. The number of hydrogen-bond acceptors (Lipinski definition) is 2. The van der Waals surface area contributed by atoms with Gasteiger partial charge in [0.05, 0.1) is 5.56 Å². The van der Waals surface area contributed by atoms with Crippen LogP contribution in [-0.4, -0.2) is 5.78 Å². The van der Waals surface area contributed by atoms with Crippen molar-refractivity contribution in [3.05, 3.63) is 64.5 Å². The van der Waals surface area contributed by atoms with Crippen LogP contribution in [0.3, 0.4) is 0 Å². The number of halogens is 3. The molecule has 2 aromatic carbocycles. The lowest BCUT2D eigenvalue weighted by Crippen LogP contribution is -2.07. The maximum Gasteiger partial charge on any atom is 0.196 e. The third kappa shape index (κ3) is 2.59. The van der Waals surface area contributed by atoms with E-state index in [-0.39, 0.29) is 5.56 Å². The molecule has 2 rings (SSSR count). The topological polar surface area (TPSA) is 43.1 Å². The van der Waals surface area contributed by atoms with Gasteiger partial charge in [-0.1, -0.05) is 0 Å². The molecular formula is C14H10F3NO. The lowest BCUT2D eigenvalue weighted by Gasteiger charge is -2.06. The Bertz CT molecular complexity index is 648. The molecule has 5 heteroatoms. The van der Waals surface area contributed by atoms with Crippen molar-refractivity contribution in [3.8, 4) is 0 Å². The molecule has 0 saturated heterocycles. The summed E-state index contributed by atoms with van der Waals surface area (Å²) >= 11 is 0. The van der Waals surface area contributed by atoms with Crippen molar-refractivity contribution in [1.82, 2.24) is 0 Å². The first-order valence-electron chi connectivity index (χ1n) is 5.45. The van der Waals surface area contributed by atoms with Crippen LogP contribution in [0.5, 0.6) is 0 Å². The average Bonchev–Trinajstić information content (AvgIpc) is 2.31. The van der Waals surface area contributed by atoms with Crippen molar-refractivity contribution in [2.45, 2.75) is 6.92 Å². The number of rotatable bonds is 2. The lowest BCUT2D eigenvalue weighted by atomic mass is 10.0. The fraction of sp³-hybridized carbons (Fsp3) is 0.0714. The number of benzene rings is 2. The van der Waals surface area contributed by atoms with Crippen LogP contribution in [0.25, 0.3) is 0 Å². The Morgan fingerprint density at radius 1 is 0.947 bits per heavy atom. The average molecular weight is 265 g/mol. The Kier molecular flexibility index (Phi) is 3.29. The van der Waals surface area contributed by atoms with E-state index in [2.05, 4.69) is 0 Å². The highest BCUT2D eigenvalue weighted by Gasteiger charge is 2.18. The van der Waals surface area contributed by atoms with Gasteiger partial charge in [0.15, 0.2) is 17.4 Å². The summed E-state index contributed by atoms with van der Waals surface area (Å²) in [6.07, 6.45) is 0. The van der Waals surface area contributed by atoms with Crippen LogP contribution in [-0.2, 0) is 0 Å². The third-order valence-electron chi connectivity index (χ3n) is 2.62. The van der Waals surface area contributed by atoms with Crippen LogP contribution in [0.15, 0.2) is 30.3 Å². The van der Waals surface area contributed by atoms with Gasteiger partial charge in [-0.25, -0.2) is 13.2 Å². The van der Waals surface area contributed by atoms with Crippen LogP contribution < -0.4 is 5.73 Å². The summed E-state index contributed by atoms with van der Waals surface area (Å²) in [4.78, 5) is 12.1. The van der Waals surface area contributed by atoms with Crippen molar-refractivity contribution < 1.29 is 18.0 Å². The Labute approximate surface area is 107 Å². The minimum absolute atomic E-state index is 0.127. The van der Waals surface area contributed by atoms with E-state index in [9.17, 15) is 18.0 Å². The number of anilines is 1. The predicted octanol–water partition coefficient (Wildman–Crippen LogP) is 3.23. The van der Waals surface area contributed by atoms with Gasteiger partial charge in [-0.3, -0.25) is 4.79 Å². The molecule has 0 aliphatic carbocycles. The normalized spacial score (nSPS) is 10.5. The fourth-order valence-corrected chi connectivity index (χ4v) is 1.80. The zero-order chi connectivity index (χ0) is 14.2. The van der Waals surface area contributed by atoms with Crippen molar-refractivity contribution in [2.75, 3.05) is 5.73 Å². The molecule has 0 amide bonds. The molecule has 0 aromatic heterocycles. The quantitative estimate of drug-likeness (QED) is 0.514. The summed E-state index contributed by atoms with van der Waals surface area (Å²) in [6.45, 7) is 1.72. The summed E-state index contributed by atoms with van der Waals surface area (Å²) in [7, 11) is 0. The number of ketones is 1. The van der Waals surface area contributed by atoms with Crippen molar-refractivity contribution in [3.63, 3.8) is 0 Å². The second kappa shape index (κ2) is 4.76. The van der Waals surface area contributed by atoms with Gasteiger partial charge in [0.25, 0.3) is 0 Å². The summed E-state index contributed by atoms with van der Waals surface area (Å²) in [5.74, 6) is -4.46. The second-order valence-electron chi connectivity index (χ2n) is 4.21. The minimum Gasteiger partial charge on any atom is -0.399 e. The molecule has 0 saturated carbocycles. The van der Waals surface area contributed by atoms with Crippen LogP contribution in [0.2, 0.25) is 0 Å². The smallest absolute Gasteiger partial charge is 0.196 e. The first-order valence-corrected chi connectivity index (χ1v) is 5.45. The van der Waals surface area contributed by atoms with E-state index in [0.29, 0.717) is 23.4 Å². The van der Waals surface area contributed by atoms with Crippen LogP contribution in [0, 0.1) is 24.4 Å². The molecule has 0 bridgehead atoms. The number of nitrogen functional groups attached to an aromatic ring is 1. The van der Waals surface area contributed by atoms with Gasteiger partial charge in [0.1, 0.15) is 5.82 Å². The van der Waals surface area contributed by atoms with Crippen molar-refractivity contribution in [2.24, 2.45) is 0 Å². The first kappa shape index (κ1) is 13.1. The van der Waals surface area contributed by atoms with Crippen molar-refractivity contribution >= 4 is 11.5 Å². The summed E-state index contributed by atoms with van der Waals surface area (Å²) in [5, 5.41) is 0. The standard InChI is InChI=1S/C14H10F3NO/c1-7-2-8(4-9(18)3-7)14(19)10-5-12(16)13(17)6-11(10)15/h2-6H,18H2,1H3. The highest BCUT2D eigenvalue weighted by Crippen LogP contribution is 2.20. The van der Waals surface area contributed by atoms with Crippen LogP contribution in [0.1, 0.15) is 21.5 Å². The van der Waals surface area contributed by atoms with Gasteiger partial charge in [0, 0.05) is 17.3 Å². The molecule has 2 aromatic rings. The van der Waals surface area contributed by atoms with E-state index in [1.54, 1.807) is 13.0 Å². The zero-order valence-electron chi connectivity index (χ0n) is 10.0. The van der Waals surface area contributed by atoms with Gasteiger partial charge < -0.3 is 5.73 Å². The molecule has 0 heterocycles. The van der Waals surface area contributed by atoms with E-state index in [0.717, 1.165) is 0 Å². The summed E-state index contributed by atoms with van der Waals surface area (Å²) in [5.41, 5.74) is 6.24. The number of aryl methyl sites for hydroxylation is 1. The number of hydrogen-bond donors (Lipinski definition) is 1. The number of carbonyl (C=O) groups is 1. The van der Waals surface area contributed by atoms with Gasteiger partial charge in [-0.2, -0.15) is 0 Å². The van der Waals surface area contributed by atoms with E-state index < -0.39 is 28.8 Å². The largest absolute Gasteiger partial charge is 0.399 e. The maximum absolute atomic E-state index is 13.5. The van der Waals surface area contributed by atoms with E-state index in [4.69, 9.17) is 5.73 Å². The van der Waals surface area contributed by atoms with Gasteiger partial charge in [-0.15, -0.1) is 0 Å². The van der Waals surface area contributed by atoms with Gasteiger partial charge in [-0.05, 0) is 36.8 Å². The molecule has 0 radical (unpaired) electrons. The molecule has 0 fully saturated rings. The molecular weight excluding hydrogens is 255 g/mol. The summed E-state index contributed by atoms with van der Waals surface area (Å²) in [6, 6.07) is 5.39. The monoisotopic (exact) mass is 265 g/mol. The Morgan fingerprint density at radius 3 is 2.21 bits per heavy atom. The molecule has 2 N–H and O–H groups in total. The molecule has 0 aliphatic heterocycles. The Hall–Kier alpha value is -2.30. The van der Waals surface area contributed by atoms with E-state index in [1.807, 2.05) is 0 Å². The van der Waals surface area contributed by atoms with E-state index in [1.165, 1.54) is 12.1 Å². The highest BCUT2D eigenvalue weighted by atomic mass is 19.2. The minimum atomic E-state index is -1.34. The third-order valence-corrected chi connectivity index (χ3v) is 2.62. The van der Waals surface area contributed by atoms with E-state index >= 15 is 0 Å². The molecule has 0 aliphatic rings. The summed E-state index contributed by atoms with van der Waals surface area (Å²) < 4.78 is 39.4. The second-order valence-corrected chi connectivity index (χ2v) is 4.21. The Morgan fingerprint density at radius 2 is 1.58 bits per heavy atom. The molecule has 98 valence electrons. The van der Waals surface area contributed by atoms with Gasteiger partial charge in [0.2, 0.25) is 0 Å². The number of nitrogens with two attached hydrogens (primary N) is 1. The highest BCUT2D eigenvalue weighted by molar-refractivity contribution is 6.09. The first-order chi connectivity index (χ1) is 8.88. The lowest BCUT2D eigenvalue weighted by molar-refractivity contribution is 0.103. The molecule has 0 spiro atoms. The SMILES string of the molecule is Cc1cc(N)cc(C(=O)c2cc(F)c(F)cc2F)c1. The fourth-order valence-electron chi connectivity index (χ4n) is 1.80. The van der Waals surface area contributed by atoms with Crippen LogP contribution in [0.4, 0.5) is 18.9 Å².